The molecule has 2 aromatic carbocycles. The minimum Gasteiger partial charge on any atom is -0.456 e. The molecule has 1 aliphatic rings. The summed E-state index contributed by atoms with van der Waals surface area (Å²) in [4.78, 5) is 12.1. The Bertz CT molecular complexity index is 1520. The lowest BCUT2D eigenvalue weighted by atomic mass is 10.0. The van der Waals surface area contributed by atoms with Crippen molar-refractivity contribution in [2.45, 2.75) is 29.3 Å². The molecule has 0 saturated carbocycles. The zero-order chi connectivity index (χ0) is 26.3. The smallest absolute Gasteiger partial charge is 0.296 e. The number of fused-ring (bicyclic) bond motifs is 1. The molecule has 0 aliphatic carbocycles. The van der Waals surface area contributed by atoms with Gasteiger partial charge in [-0.05, 0) is 29.3 Å². The fourth-order valence-electron chi connectivity index (χ4n) is 4.13. The number of aromatic amines is 1. The second-order valence-electron chi connectivity index (χ2n) is 8.80. The second kappa shape index (κ2) is 10.0. The normalized spacial score (nSPS) is 22.3. The first-order valence-electron chi connectivity index (χ1n) is 11.4. The number of hydrogen-bond acceptors (Lipinski definition) is 9. The van der Waals surface area contributed by atoms with Crippen molar-refractivity contribution < 1.29 is 33.2 Å². The lowest BCUT2D eigenvalue weighted by Gasteiger charge is -2.36. The van der Waals surface area contributed by atoms with Crippen LogP contribution >= 0.6 is 11.6 Å². The second-order valence-corrected chi connectivity index (χ2v) is 11.2. The molecule has 4 unspecified atom stereocenters. The number of nitrogens with one attached hydrogen (secondary N) is 1. The standard InChI is InChI=1S/C25H24ClN3O7S/c1-37(33,34)16-8-6-14(7-9-16)13-2-4-15(5-3-13)21-17(26)10-18-24(28-21)29-25(27-18)36-20-12-35-19(11-30)22(31)23(20)32/h2-10,19-20,22-23,30-32H,11-12H2,1H3,(H,27,28,29). The van der Waals surface area contributed by atoms with E-state index in [2.05, 4.69) is 15.0 Å². The summed E-state index contributed by atoms with van der Waals surface area (Å²) in [5, 5.41) is 30.0. The number of hydrogen-bond donors (Lipinski definition) is 4. The molecule has 0 bridgehead atoms. The summed E-state index contributed by atoms with van der Waals surface area (Å²) >= 11 is 6.51. The van der Waals surface area contributed by atoms with Crippen LogP contribution in [-0.4, -0.2) is 82.6 Å². The molecule has 5 rings (SSSR count). The number of halogens is 1. The third-order valence-corrected chi connectivity index (χ3v) is 7.62. The van der Waals surface area contributed by atoms with Gasteiger partial charge in [-0.25, -0.2) is 13.4 Å². The van der Waals surface area contributed by atoms with Crippen molar-refractivity contribution in [2.24, 2.45) is 0 Å². The van der Waals surface area contributed by atoms with Crippen LogP contribution in [0.15, 0.2) is 59.5 Å². The SMILES string of the molecule is CS(=O)(=O)c1ccc(-c2ccc(-c3nc4nc(OC5COC(CO)C(O)C5O)[nH]c4cc3Cl)cc2)cc1. The molecule has 37 heavy (non-hydrogen) atoms. The van der Waals surface area contributed by atoms with Crippen LogP contribution in [0.4, 0.5) is 0 Å². The van der Waals surface area contributed by atoms with Crippen molar-refractivity contribution >= 4 is 32.6 Å². The van der Waals surface area contributed by atoms with E-state index in [-0.39, 0.29) is 17.5 Å². The van der Waals surface area contributed by atoms with Gasteiger partial charge in [0.15, 0.2) is 21.6 Å². The Hall–Kier alpha value is -3.06. The van der Waals surface area contributed by atoms with Crippen molar-refractivity contribution in [2.75, 3.05) is 19.5 Å². The Balaban J connectivity index is 1.36. The van der Waals surface area contributed by atoms with E-state index in [1.807, 2.05) is 24.3 Å². The average molecular weight is 546 g/mol. The third-order valence-electron chi connectivity index (χ3n) is 6.21. The summed E-state index contributed by atoms with van der Waals surface area (Å²) < 4.78 is 34.4. The summed E-state index contributed by atoms with van der Waals surface area (Å²) in [6.45, 7) is -0.458. The van der Waals surface area contributed by atoms with Crippen LogP contribution in [0.25, 0.3) is 33.5 Å². The molecule has 0 spiro atoms. The molecule has 1 fully saturated rings. The minimum atomic E-state index is -3.26. The van der Waals surface area contributed by atoms with Gasteiger partial charge in [-0.15, -0.1) is 0 Å². The van der Waals surface area contributed by atoms with E-state index in [9.17, 15) is 23.7 Å². The number of sulfone groups is 1. The average Bonchev–Trinajstić information content (AvgIpc) is 3.27. The number of ether oxygens (including phenoxy) is 2. The number of nitrogens with zero attached hydrogens (tertiary/aromatic N) is 2. The quantitative estimate of drug-likeness (QED) is 0.285. The molecule has 1 saturated heterocycles. The fraction of sp³-hybridized carbons (Fsp3) is 0.280. The van der Waals surface area contributed by atoms with E-state index in [1.54, 1.807) is 30.3 Å². The van der Waals surface area contributed by atoms with E-state index >= 15 is 0 Å². The predicted octanol–water partition coefficient (Wildman–Crippen LogP) is 2.21. The number of imidazole rings is 1. The van der Waals surface area contributed by atoms with Gasteiger partial charge in [0, 0.05) is 11.8 Å². The van der Waals surface area contributed by atoms with Crippen LogP contribution in [0.3, 0.4) is 0 Å². The summed E-state index contributed by atoms with van der Waals surface area (Å²) in [6.07, 6.45) is -3.18. The number of aromatic nitrogens is 3. The molecule has 4 N–H and O–H groups in total. The Morgan fingerprint density at radius 3 is 2.27 bits per heavy atom. The maximum absolute atomic E-state index is 11.7. The van der Waals surface area contributed by atoms with E-state index in [0.717, 1.165) is 16.7 Å². The molecule has 0 radical (unpaired) electrons. The highest BCUT2D eigenvalue weighted by molar-refractivity contribution is 7.90. The largest absolute Gasteiger partial charge is 0.456 e. The lowest BCUT2D eigenvalue weighted by molar-refractivity contribution is -0.189. The molecule has 4 aromatic rings. The topological polar surface area (TPSA) is 155 Å². The van der Waals surface area contributed by atoms with Crippen LogP contribution in [0.5, 0.6) is 6.01 Å². The maximum Gasteiger partial charge on any atom is 0.296 e. The molecule has 2 aromatic heterocycles. The molecule has 3 heterocycles. The Morgan fingerprint density at radius 2 is 1.65 bits per heavy atom. The number of pyridine rings is 1. The van der Waals surface area contributed by atoms with Gasteiger partial charge in [-0.2, -0.15) is 4.98 Å². The van der Waals surface area contributed by atoms with Crippen molar-refractivity contribution in [1.82, 2.24) is 15.0 Å². The lowest BCUT2D eigenvalue weighted by Crippen LogP contribution is -2.56. The van der Waals surface area contributed by atoms with Crippen LogP contribution in [0.2, 0.25) is 5.02 Å². The number of aliphatic hydroxyl groups excluding tert-OH is 3. The monoisotopic (exact) mass is 545 g/mol. The van der Waals surface area contributed by atoms with Gasteiger partial charge < -0.3 is 29.8 Å². The first-order chi connectivity index (χ1) is 17.6. The van der Waals surface area contributed by atoms with Gasteiger partial charge in [0.2, 0.25) is 0 Å². The van der Waals surface area contributed by atoms with Gasteiger partial charge in [-0.3, -0.25) is 0 Å². The predicted molar refractivity (Wildman–Crippen MR) is 136 cm³/mol. The third kappa shape index (κ3) is 5.19. The Kier molecular flexibility index (Phi) is 6.92. The molecule has 194 valence electrons. The summed E-state index contributed by atoms with van der Waals surface area (Å²) in [5.74, 6) is 0. The first kappa shape index (κ1) is 25.6. The number of aliphatic hydroxyl groups is 3. The van der Waals surface area contributed by atoms with Gasteiger partial charge in [0.1, 0.15) is 18.3 Å². The van der Waals surface area contributed by atoms with Crippen LogP contribution in [0, 0.1) is 0 Å². The summed E-state index contributed by atoms with van der Waals surface area (Å²) in [5.41, 5.74) is 3.89. The molecule has 10 nitrogen and oxygen atoms in total. The van der Waals surface area contributed by atoms with Crippen molar-refractivity contribution in [1.29, 1.82) is 0 Å². The van der Waals surface area contributed by atoms with E-state index in [0.29, 0.717) is 21.9 Å². The van der Waals surface area contributed by atoms with Gasteiger partial charge in [0.25, 0.3) is 6.01 Å². The highest BCUT2D eigenvalue weighted by atomic mass is 35.5. The van der Waals surface area contributed by atoms with Crippen molar-refractivity contribution in [3.05, 3.63) is 59.6 Å². The van der Waals surface area contributed by atoms with Crippen LogP contribution in [-0.2, 0) is 14.6 Å². The maximum atomic E-state index is 11.7. The van der Waals surface area contributed by atoms with E-state index in [1.165, 1.54) is 6.26 Å². The van der Waals surface area contributed by atoms with E-state index in [4.69, 9.17) is 21.1 Å². The summed E-state index contributed by atoms with van der Waals surface area (Å²) in [6, 6.07) is 15.9. The van der Waals surface area contributed by atoms with Crippen LogP contribution < -0.4 is 4.74 Å². The number of rotatable bonds is 6. The Labute approximate surface area is 217 Å². The van der Waals surface area contributed by atoms with Gasteiger partial charge >= 0.3 is 0 Å². The van der Waals surface area contributed by atoms with Crippen LogP contribution in [0.1, 0.15) is 0 Å². The summed E-state index contributed by atoms with van der Waals surface area (Å²) in [7, 11) is -3.26. The molecule has 4 atom stereocenters. The van der Waals surface area contributed by atoms with Gasteiger partial charge in [-0.1, -0.05) is 48.0 Å². The number of benzene rings is 2. The fourth-order valence-corrected chi connectivity index (χ4v) is 5.02. The van der Waals surface area contributed by atoms with Crippen molar-refractivity contribution in [3.8, 4) is 28.4 Å². The Morgan fingerprint density at radius 1 is 1.03 bits per heavy atom. The molecular weight excluding hydrogens is 522 g/mol. The highest BCUT2D eigenvalue weighted by Gasteiger charge is 2.39. The molecule has 12 heteroatoms. The zero-order valence-corrected chi connectivity index (χ0v) is 21.1. The number of H-pyrrole nitrogens is 1. The highest BCUT2D eigenvalue weighted by Crippen LogP contribution is 2.32. The molecule has 0 amide bonds. The van der Waals surface area contributed by atoms with Gasteiger partial charge in [0.05, 0.1) is 34.3 Å². The minimum absolute atomic E-state index is 0.0384. The zero-order valence-electron chi connectivity index (χ0n) is 19.6. The molecular formula is C25H24ClN3O7S. The molecule has 1 aliphatic heterocycles. The van der Waals surface area contributed by atoms with Crippen molar-refractivity contribution in [3.63, 3.8) is 0 Å². The first-order valence-corrected chi connectivity index (χ1v) is 13.6. The van der Waals surface area contributed by atoms with E-state index < -0.39 is 40.9 Å².